The third kappa shape index (κ3) is 4.32. The lowest BCUT2D eigenvalue weighted by molar-refractivity contribution is 0.0931. The molecule has 0 spiro atoms. The second-order valence-corrected chi connectivity index (χ2v) is 8.16. The second-order valence-electron chi connectivity index (χ2n) is 8.16. The lowest BCUT2D eigenvalue weighted by Crippen LogP contribution is -2.34. The van der Waals surface area contributed by atoms with Crippen LogP contribution in [-0.2, 0) is 6.54 Å². The Morgan fingerprint density at radius 3 is 2.68 bits per heavy atom. The first-order valence-corrected chi connectivity index (χ1v) is 11.2. The van der Waals surface area contributed by atoms with Gasteiger partial charge in [-0.05, 0) is 32.3 Å². The number of fused-ring (bicyclic) bond motifs is 1. The van der Waals surface area contributed by atoms with Gasteiger partial charge < -0.3 is 5.32 Å². The molecule has 1 aliphatic rings. The van der Waals surface area contributed by atoms with E-state index in [2.05, 4.69) is 25.3 Å². The Morgan fingerprint density at radius 1 is 1.06 bits per heavy atom. The fourth-order valence-electron chi connectivity index (χ4n) is 4.12. The molecule has 4 heterocycles. The van der Waals surface area contributed by atoms with Crippen molar-refractivity contribution in [3.63, 3.8) is 0 Å². The second kappa shape index (κ2) is 9.30. The normalized spacial score (nSPS) is 15.3. The minimum Gasteiger partial charge on any atom is -0.342 e. The average molecular weight is 454 g/mol. The molecule has 9 heteroatoms. The van der Waals surface area contributed by atoms with Crippen LogP contribution in [0.5, 0.6) is 0 Å². The molecule has 1 amide bonds. The van der Waals surface area contributed by atoms with Gasteiger partial charge in [-0.15, -0.1) is 0 Å². The van der Waals surface area contributed by atoms with Crippen molar-refractivity contribution in [3.05, 3.63) is 88.6 Å². The first kappa shape index (κ1) is 21.6. The number of carbonyl (C=O) groups excluding carboxylic acids is 1. The number of nitrogens with one attached hydrogen (secondary N) is 1. The summed E-state index contributed by atoms with van der Waals surface area (Å²) < 4.78 is 1.64. The molecule has 9 nitrogen and oxygen atoms in total. The van der Waals surface area contributed by atoms with Crippen LogP contribution in [0.15, 0.2) is 66.0 Å². The summed E-state index contributed by atoms with van der Waals surface area (Å²) in [6.45, 7) is 2.35. The van der Waals surface area contributed by atoms with Gasteiger partial charge in [0.2, 0.25) is 0 Å². The van der Waals surface area contributed by atoms with E-state index in [1.807, 2.05) is 30.3 Å². The van der Waals surface area contributed by atoms with E-state index < -0.39 is 6.04 Å². The molecule has 1 atom stereocenters. The van der Waals surface area contributed by atoms with E-state index in [4.69, 9.17) is 4.98 Å². The number of carbonyl (C=O) groups is 1. The Hall–Kier alpha value is -4.27. The van der Waals surface area contributed by atoms with E-state index in [1.54, 1.807) is 30.0 Å². The number of rotatable bonds is 4. The standard InChI is InChI=1S/C25H23N7O2/c1-16-18(14-27-23(29-16)17-7-3-2-4-8-17)25(34)31-20-9-5-6-12-32-22(33)13-21(30-24(20)32)19-10-11-26-15-28-19/h2-4,7-8,10-11,13-15,20H,5-6,9,12H2,1H3,(H,31,34). The highest BCUT2D eigenvalue weighted by Gasteiger charge is 2.25. The molecular formula is C25H23N7O2. The van der Waals surface area contributed by atoms with Gasteiger partial charge in [0.25, 0.3) is 11.5 Å². The molecule has 34 heavy (non-hydrogen) atoms. The van der Waals surface area contributed by atoms with Crippen molar-refractivity contribution in [2.75, 3.05) is 0 Å². The molecule has 0 radical (unpaired) electrons. The average Bonchev–Trinajstić information content (AvgIpc) is 3.07. The summed E-state index contributed by atoms with van der Waals surface area (Å²) in [5, 5.41) is 3.06. The monoisotopic (exact) mass is 453 g/mol. The molecule has 3 aromatic heterocycles. The zero-order valence-corrected chi connectivity index (χ0v) is 18.7. The molecule has 4 aromatic rings. The highest BCUT2D eigenvalue weighted by atomic mass is 16.2. The van der Waals surface area contributed by atoms with E-state index in [9.17, 15) is 9.59 Å². The highest BCUT2D eigenvalue weighted by Crippen LogP contribution is 2.24. The number of amides is 1. The van der Waals surface area contributed by atoms with Gasteiger partial charge >= 0.3 is 0 Å². The van der Waals surface area contributed by atoms with Crippen molar-refractivity contribution >= 4 is 5.91 Å². The molecule has 170 valence electrons. The van der Waals surface area contributed by atoms with E-state index in [0.717, 1.165) is 18.4 Å². The third-order valence-corrected chi connectivity index (χ3v) is 5.88. The largest absolute Gasteiger partial charge is 0.342 e. The number of hydrogen-bond donors (Lipinski definition) is 1. The quantitative estimate of drug-likeness (QED) is 0.505. The van der Waals surface area contributed by atoms with Crippen molar-refractivity contribution in [2.24, 2.45) is 0 Å². The number of hydrogen-bond acceptors (Lipinski definition) is 7. The molecule has 5 rings (SSSR count). The molecule has 1 N–H and O–H groups in total. The van der Waals surface area contributed by atoms with E-state index in [1.165, 1.54) is 12.4 Å². The number of aryl methyl sites for hydroxylation is 1. The van der Waals surface area contributed by atoms with E-state index in [0.29, 0.717) is 47.3 Å². The summed E-state index contributed by atoms with van der Waals surface area (Å²) in [5.74, 6) is 0.806. The van der Waals surface area contributed by atoms with Gasteiger partial charge in [-0.25, -0.2) is 24.9 Å². The summed E-state index contributed by atoms with van der Waals surface area (Å²) in [5.41, 5.74) is 2.73. The zero-order chi connectivity index (χ0) is 23.5. The first-order valence-electron chi connectivity index (χ1n) is 11.2. The summed E-state index contributed by atoms with van der Waals surface area (Å²) in [4.78, 5) is 47.9. The molecule has 1 unspecified atom stereocenters. The fraction of sp³-hybridized carbons (Fsp3) is 0.240. The zero-order valence-electron chi connectivity index (χ0n) is 18.7. The van der Waals surface area contributed by atoms with Crippen LogP contribution in [0.4, 0.5) is 0 Å². The lowest BCUT2D eigenvalue weighted by Gasteiger charge is -2.20. The maximum absolute atomic E-state index is 13.2. The number of nitrogens with zero attached hydrogens (tertiary/aromatic N) is 6. The Morgan fingerprint density at radius 2 is 1.91 bits per heavy atom. The molecular weight excluding hydrogens is 430 g/mol. The van der Waals surface area contributed by atoms with Crippen LogP contribution in [0.2, 0.25) is 0 Å². The minimum absolute atomic E-state index is 0.161. The molecule has 1 aliphatic heterocycles. The van der Waals surface area contributed by atoms with Crippen molar-refractivity contribution < 1.29 is 4.79 Å². The summed E-state index contributed by atoms with van der Waals surface area (Å²) >= 11 is 0. The number of benzene rings is 1. The predicted molar refractivity (Wildman–Crippen MR) is 126 cm³/mol. The molecule has 1 aromatic carbocycles. The van der Waals surface area contributed by atoms with Crippen LogP contribution in [0.1, 0.15) is 47.2 Å². The smallest absolute Gasteiger partial charge is 0.255 e. The van der Waals surface area contributed by atoms with Crippen molar-refractivity contribution in [1.29, 1.82) is 0 Å². The Bertz CT molecular complexity index is 1390. The molecule has 0 bridgehead atoms. The van der Waals surface area contributed by atoms with Crippen LogP contribution in [0.25, 0.3) is 22.8 Å². The Kier molecular flexibility index (Phi) is 5.90. The van der Waals surface area contributed by atoms with Crippen LogP contribution in [0, 0.1) is 6.92 Å². The molecule has 0 fully saturated rings. The van der Waals surface area contributed by atoms with Gasteiger partial charge in [-0.3, -0.25) is 14.2 Å². The van der Waals surface area contributed by atoms with Crippen molar-refractivity contribution in [2.45, 2.75) is 38.8 Å². The molecule has 0 saturated heterocycles. The fourth-order valence-corrected chi connectivity index (χ4v) is 4.12. The van der Waals surface area contributed by atoms with Crippen LogP contribution >= 0.6 is 0 Å². The Labute approximate surface area is 196 Å². The highest BCUT2D eigenvalue weighted by molar-refractivity contribution is 5.95. The summed E-state index contributed by atoms with van der Waals surface area (Å²) in [7, 11) is 0. The van der Waals surface area contributed by atoms with E-state index in [-0.39, 0.29) is 11.5 Å². The van der Waals surface area contributed by atoms with Crippen LogP contribution in [0.3, 0.4) is 0 Å². The first-order chi connectivity index (χ1) is 16.6. The minimum atomic E-state index is -0.419. The van der Waals surface area contributed by atoms with Crippen molar-refractivity contribution in [1.82, 2.24) is 34.8 Å². The maximum atomic E-state index is 13.2. The maximum Gasteiger partial charge on any atom is 0.255 e. The van der Waals surface area contributed by atoms with Crippen molar-refractivity contribution in [3.8, 4) is 22.8 Å². The topological polar surface area (TPSA) is 116 Å². The predicted octanol–water partition coefficient (Wildman–Crippen LogP) is 3.12. The van der Waals surface area contributed by atoms with Crippen LogP contribution in [-0.4, -0.2) is 35.4 Å². The van der Waals surface area contributed by atoms with Gasteiger partial charge in [0.05, 0.1) is 28.7 Å². The van der Waals surface area contributed by atoms with Gasteiger partial charge in [-0.1, -0.05) is 30.3 Å². The van der Waals surface area contributed by atoms with Gasteiger partial charge in [0.1, 0.15) is 12.2 Å². The van der Waals surface area contributed by atoms with Gasteiger partial charge in [-0.2, -0.15) is 0 Å². The molecule has 0 aliphatic carbocycles. The van der Waals surface area contributed by atoms with Gasteiger partial charge in [0, 0.05) is 30.6 Å². The lowest BCUT2D eigenvalue weighted by atomic mass is 10.1. The van der Waals surface area contributed by atoms with Gasteiger partial charge in [0.15, 0.2) is 5.82 Å². The van der Waals surface area contributed by atoms with E-state index >= 15 is 0 Å². The SMILES string of the molecule is Cc1nc(-c2ccccc2)ncc1C(=O)NC1CCCCn2c1nc(-c1ccncn1)cc2=O. The summed E-state index contributed by atoms with van der Waals surface area (Å²) in [6, 6.07) is 12.4. The molecule has 0 saturated carbocycles. The summed E-state index contributed by atoms with van der Waals surface area (Å²) in [6.07, 6.45) is 6.94. The third-order valence-electron chi connectivity index (χ3n) is 5.88. The Balaban J connectivity index is 1.46. The number of aromatic nitrogens is 6. The van der Waals surface area contributed by atoms with Crippen LogP contribution < -0.4 is 10.9 Å².